The van der Waals surface area contributed by atoms with Gasteiger partial charge in [-0.3, -0.25) is 9.71 Å². The lowest BCUT2D eigenvalue weighted by molar-refractivity contribution is 0.357. The van der Waals surface area contributed by atoms with E-state index in [0.717, 1.165) is 12.8 Å². The molecule has 1 N–H and O–H groups in total. The molecule has 0 radical (unpaired) electrons. The van der Waals surface area contributed by atoms with Crippen molar-refractivity contribution < 1.29 is 8.42 Å². The van der Waals surface area contributed by atoms with Crippen LogP contribution in [-0.4, -0.2) is 26.7 Å². The van der Waals surface area contributed by atoms with Crippen molar-refractivity contribution >= 4 is 27.5 Å². The van der Waals surface area contributed by atoms with Gasteiger partial charge in [0.1, 0.15) is 5.84 Å². The van der Waals surface area contributed by atoms with Gasteiger partial charge in [-0.05, 0) is 25.0 Å². The van der Waals surface area contributed by atoms with E-state index in [1.165, 1.54) is 12.8 Å². The van der Waals surface area contributed by atoms with E-state index in [2.05, 4.69) is 9.71 Å². The van der Waals surface area contributed by atoms with Crippen LogP contribution in [0.2, 0.25) is 0 Å². The molecule has 1 fully saturated rings. The number of hydrogen-bond donors (Lipinski definition) is 1. The first-order valence-electron chi connectivity index (χ1n) is 6.79. The zero-order valence-corrected chi connectivity index (χ0v) is 12.7. The van der Waals surface area contributed by atoms with Crippen LogP contribution in [0.4, 0.5) is 0 Å². The van der Waals surface area contributed by atoms with Crippen LogP contribution in [0.3, 0.4) is 0 Å². The summed E-state index contributed by atoms with van der Waals surface area (Å²) in [5, 5.41) is 0. The number of sulfonamides is 1. The monoisotopic (exact) mass is 312 g/mol. The van der Waals surface area contributed by atoms with Crippen molar-refractivity contribution in [3.63, 3.8) is 0 Å². The Bertz CT molecular complexity index is 649. The SMILES string of the molecule is O=S1(=O)NC(=NCC2(CCl)CCCC2)c2ccccc21. The van der Waals surface area contributed by atoms with Gasteiger partial charge in [0.25, 0.3) is 10.0 Å². The lowest BCUT2D eigenvalue weighted by Crippen LogP contribution is -2.27. The Morgan fingerprint density at radius 1 is 1.25 bits per heavy atom. The molecule has 2 aliphatic rings. The van der Waals surface area contributed by atoms with E-state index in [1.54, 1.807) is 18.2 Å². The molecule has 0 unspecified atom stereocenters. The summed E-state index contributed by atoms with van der Waals surface area (Å²) in [6.45, 7) is 0.586. The van der Waals surface area contributed by atoms with E-state index in [4.69, 9.17) is 11.6 Å². The molecule has 0 atom stereocenters. The molecule has 1 aliphatic heterocycles. The predicted octanol–water partition coefficient (Wildman–Crippen LogP) is 2.52. The molecule has 108 valence electrons. The molecule has 1 aromatic rings. The van der Waals surface area contributed by atoms with Crippen LogP contribution in [0.25, 0.3) is 0 Å². The summed E-state index contributed by atoms with van der Waals surface area (Å²) in [5.41, 5.74) is 0.701. The molecular formula is C14H17ClN2O2S. The predicted molar refractivity (Wildman–Crippen MR) is 79.8 cm³/mol. The third-order valence-corrected chi connectivity index (χ3v) is 6.15. The van der Waals surface area contributed by atoms with E-state index < -0.39 is 10.0 Å². The van der Waals surface area contributed by atoms with Crippen LogP contribution in [0.1, 0.15) is 31.2 Å². The Morgan fingerprint density at radius 2 is 1.95 bits per heavy atom. The van der Waals surface area contributed by atoms with Crippen LogP contribution < -0.4 is 4.72 Å². The van der Waals surface area contributed by atoms with Crippen molar-refractivity contribution in [3.8, 4) is 0 Å². The summed E-state index contributed by atoms with van der Waals surface area (Å²) in [4.78, 5) is 4.84. The minimum atomic E-state index is -3.44. The molecule has 1 saturated carbocycles. The summed E-state index contributed by atoms with van der Waals surface area (Å²) >= 11 is 6.10. The first-order valence-corrected chi connectivity index (χ1v) is 8.81. The van der Waals surface area contributed by atoms with Gasteiger partial charge in [0.2, 0.25) is 0 Å². The molecule has 0 spiro atoms. The maximum Gasteiger partial charge on any atom is 0.263 e. The Balaban J connectivity index is 1.91. The molecule has 0 bridgehead atoms. The minimum Gasteiger partial charge on any atom is -0.267 e. The van der Waals surface area contributed by atoms with Crippen molar-refractivity contribution in [1.82, 2.24) is 4.72 Å². The second-order valence-corrected chi connectivity index (χ2v) is 7.53. The van der Waals surface area contributed by atoms with Gasteiger partial charge < -0.3 is 0 Å². The molecule has 1 aliphatic carbocycles. The molecule has 1 heterocycles. The number of amidine groups is 1. The van der Waals surface area contributed by atoms with Gasteiger partial charge in [-0.25, -0.2) is 8.42 Å². The second kappa shape index (κ2) is 5.04. The Kier molecular flexibility index (Phi) is 3.50. The quantitative estimate of drug-likeness (QED) is 0.872. The summed E-state index contributed by atoms with van der Waals surface area (Å²) in [7, 11) is -3.44. The van der Waals surface area contributed by atoms with Gasteiger partial charge in [-0.15, -0.1) is 11.6 Å². The Hall–Kier alpha value is -1.07. The van der Waals surface area contributed by atoms with Crippen LogP contribution in [0.15, 0.2) is 34.2 Å². The fourth-order valence-electron chi connectivity index (χ4n) is 2.96. The zero-order valence-electron chi connectivity index (χ0n) is 11.1. The van der Waals surface area contributed by atoms with Gasteiger partial charge in [-0.1, -0.05) is 25.0 Å². The second-order valence-electron chi connectivity index (χ2n) is 5.61. The highest BCUT2D eigenvalue weighted by Gasteiger charge is 2.35. The number of hydrogen-bond acceptors (Lipinski definition) is 3. The maximum absolute atomic E-state index is 12.0. The number of rotatable bonds is 3. The fourth-order valence-corrected chi connectivity index (χ4v) is 4.56. The minimum absolute atomic E-state index is 0.0392. The van der Waals surface area contributed by atoms with E-state index in [0.29, 0.717) is 28.7 Å². The molecule has 0 amide bonds. The van der Waals surface area contributed by atoms with Gasteiger partial charge in [0.15, 0.2) is 0 Å². The molecule has 3 rings (SSSR count). The lowest BCUT2D eigenvalue weighted by Gasteiger charge is -2.23. The van der Waals surface area contributed by atoms with Gasteiger partial charge >= 0.3 is 0 Å². The number of nitrogens with zero attached hydrogens (tertiary/aromatic N) is 1. The third-order valence-electron chi connectivity index (χ3n) is 4.18. The van der Waals surface area contributed by atoms with Crippen LogP contribution in [-0.2, 0) is 10.0 Å². The highest BCUT2D eigenvalue weighted by atomic mass is 35.5. The van der Waals surface area contributed by atoms with Gasteiger partial charge in [0, 0.05) is 23.4 Å². The zero-order chi connectivity index (χ0) is 14.2. The van der Waals surface area contributed by atoms with Crippen LogP contribution in [0.5, 0.6) is 0 Å². The molecule has 0 aromatic heterocycles. The highest BCUT2D eigenvalue weighted by Crippen LogP contribution is 2.39. The third kappa shape index (κ3) is 2.33. The number of nitrogens with one attached hydrogen (secondary N) is 1. The standard InChI is InChI=1S/C14H17ClN2O2S/c15-9-14(7-3-4-8-14)10-16-13-11-5-1-2-6-12(11)20(18,19)17-13/h1-2,5-6H,3-4,7-10H2,(H,16,17). The van der Waals surface area contributed by atoms with Crippen LogP contribution in [0, 0.1) is 5.41 Å². The van der Waals surface area contributed by atoms with Gasteiger partial charge in [-0.2, -0.15) is 0 Å². The van der Waals surface area contributed by atoms with E-state index in [-0.39, 0.29) is 5.41 Å². The number of halogens is 1. The molecule has 20 heavy (non-hydrogen) atoms. The Morgan fingerprint density at radius 3 is 2.65 bits per heavy atom. The van der Waals surface area contributed by atoms with Gasteiger partial charge in [0.05, 0.1) is 4.90 Å². The van der Waals surface area contributed by atoms with Crippen molar-refractivity contribution in [2.24, 2.45) is 10.4 Å². The van der Waals surface area contributed by atoms with E-state index in [9.17, 15) is 8.42 Å². The first-order chi connectivity index (χ1) is 9.56. The summed E-state index contributed by atoms with van der Waals surface area (Å²) in [5.74, 6) is 1.04. The van der Waals surface area contributed by atoms with Crippen molar-refractivity contribution in [1.29, 1.82) is 0 Å². The molecule has 0 saturated heterocycles. The van der Waals surface area contributed by atoms with Crippen molar-refractivity contribution in [2.75, 3.05) is 12.4 Å². The topological polar surface area (TPSA) is 58.5 Å². The van der Waals surface area contributed by atoms with Crippen LogP contribution >= 0.6 is 11.6 Å². The number of aliphatic imine (C=N–C) groups is 1. The molecule has 4 nitrogen and oxygen atoms in total. The largest absolute Gasteiger partial charge is 0.267 e. The number of fused-ring (bicyclic) bond motifs is 1. The summed E-state index contributed by atoms with van der Waals surface area (Å²) in [6, 6.07) is 6.93. The smallest absolute Gasteiger partial charge is 0.263 e. The maximum atomic E-state index is 12.0. The molecule has 6 heteroatoms. The Labute approximate surface area is 124 Å². The summed E-state index contributed by atoms with van der Waals surface area (Å²) < 4.78 is 26.5. The molecular weight excluding hydrogens is 296 g/mol. The average molecular weight is 313 g/mol. The van der Waals surface area contributed by atoms with Crippen molar-refractivity contribution in [2.45, 2.75) is 30.6 Å². The van der Waals surface area contributed by atoms with E-state index in [1.807, 2.05) is 6.07 Å². The number of benzene rings is 1. The number of alkyl halides is 1. The fraction of sp³-hybridized carbons (Fsp3) is 0.500. The lowest BCUT2D eigenvalue weighted by atomic mass is 9.89. The first kappa shape index (κ1) is 13.9. The average Bonchev–Trinajstić information content (AvgIpc) is 3.01. The highest BCUT2D eigenvalue weighted by molar-refractivity contribution is 7.90. The van der Waals surface area contributed by atoms with Crippen molar-refractivity contribution in [3.05, 3.63) is 29.8 Å². The normalized spacial score (nSPS) is 24.6. The van der Waals surface area contributed by atoms with E-state index >= 15 is 0 Å². The summed E-state index contributed by atoms with van der Waals surface area (Å²) in [6.07, 6.45) is 4.50. The molecule has 1 aromatic carbocycles.